The van der Waals surface area contributed by atoms with Gasteiger partial charge in [0, 0.05) is 31.6 Å². The minimum atomic E-state index is -0.981. The van der Waals surface area contributed by atoms with Gasteiger partial charge >= 0.3 is 0 Å². The zero-order valence-electron chi connectivity index (χ0n) is 11.0. The Bertz CT molecular complexity index is 1130. The Morgan fingerprint density at radius 1 is 0.909 bits per heavy atom. The summed E-state index contributed by atoms with van der Waals surface area (Å²) in [4.78, 5) is 12.7. The number of hydrogen-bond donors (Lipinski definition) is 0. The first kappa shape index (κ1) is 13.8. The molecule has 108 valence electrons. The number of thiophene rings is 1. The van der Waals surface area contributed by atoms with E-state index in [0.717, 1.165) is 19.9 Å². The second-order valence-corrected chi connectivity index (χ2v) is 7.38. The zero-order valence-corrected chi connectivity index (χ0v) is 13.4. The molecule has 1 heterocycles. The summed E-state index contributed by atoms with van der Waals surface area (Å²) >= 11 is 4.80. The maximum absolute atomic E-state index is 14.4. The number of hydrogen-bond acceptors (Lipinski definition) is 2. The van der Waals surface area contributed by atoms with Crippen molar-refractivity contribution in [3.05, 3.63) is 68.1 Å². The van der Waals surface area contributed by atoms with E-state index in [9.17, 15) is 13.6 Å². The molecule has 0 aliphatic rings. The van der Waals surface area contributed by atoms with Crippen molar-refractivity contribution in [3.8, 4) is 0 Å². The lowest BCUT2D eigenvalue weighted by molar-refractivity contribution is 0.517. The lowest BCUT2D eigenvalue weighted by atomic mass is 10.1. The van der Waals surface area contributed by atoms with Crippen molar-refractivity contribution in [2.45, 2.75) is 0 Å². The molecule has 0 aliphatic carbocycles. The molecule has 0 N–H and O–H groups in total. The fourth-order valence-electron chi connectivity index (χ4n) is 2.77. The molecule has 0 amide bonds. The largest absolute Gasteiger partial charge is 0.289 e. The fourth-order valence-corrected chi connectivity index (χ4v) is 4.42. The van der Waals surface area contributed by atoms with Crippen LogP contribution in [0.15, 0.2) is 51.0 Å². The minimum Gasteiger partial charge on any atom is -0.289 e. The van der Waals surface area contributed by atoms with Crippen molar-refractivity contribution < 1.29 is 8.78 Å². The molecule has 0 radical (unpaired) electrons. The van der Waals surface area contributed by atoms with Crippen LogP contribution < -0.4 is 5.43 Å². The minimum absolute atomic E-state index is 0.0400. The number of rotatable bonds is 0. The van der Waals surface area contributed by atoms with Crippen LogP contribution >= 0.6 is 27.3 Å². The van der Waals surface area contributed by atoms with Gasteiger partial charge in [0.2, 0.25) is 0 Å². The molecule has 0 spiro atoms. The lowest BCUT2D eigenvalue weighted by Crippen LogP contribution is -1.99. The van der Waals surface area contributed by atoms with Crippen LogP contribution in [-0.4, -0.2) is 0 Å². The van der Waals surface area contributed by atoms with Gasteiger partial charge in [-0.15, -0.1) is 11.3 Å². The van der Waals surface area contributed by atoms with Crippen LogP contribution in [0.4, 0.5) is 8.78 Å². The van der Waals surface area contributed by atoms with Crippen LogP contribution in [0.5, 0.6) is 0 Å². The third kappa shape index (κ3) is 1.82. The highest BCUT2D eigenvalue weighted by atomic mass is 79.9. The molecule has 0 saturated heterocycles. The van der Waals surface area contributed by atoms with E-state index in [-0.39, 0.29) is 16.2 Å². The van der Waals surface area contributed by atoms with E-state index in [1.807, 2.05) is 12.1 Å². The smallest absolute Gasteiger partial charge is 0.194 e. The molecule has 0 aliphatic heterocycles. The molecule has 0 unspecified atom stereocenters. The Morgan fingerprint density at radius 2 is 1.64 bits per heavy atom. The van der Waals surface area contributed by atoms with Gasteiger partial charge in [0.15, 0.2) is 17.1 Å². The van der Waals surface area contributed by atoms with Crippen molar-refractivity contribution >= 4 is 58.9 Å². The molecular formula is C17H7BrF2OS. The summed E-state index contributed by atoms with van der Waals surface area (Å²) in [5.41, 5.74) is -0.288. The highest BCUT2D eigenvalue weighted by molar-refractivity contribution is 9.11. The quantitative estimate of drug-likeness (QED) is 0.389. The van der Waals surface area contributed by atoms with Gasteiger partial charge in [-0.1, -0.05) is 24.3 Å². The molecule has 4 rings (SSSR count). The first-order valence-corrected chi connectivity index (χ1v) is 8.10. The normalized spacial score (nSPS) is 11.6. The Kier molecular flexibility index (Phi) is 3.03. The molecule has 0 fully saturated rings. The SMILES string of the molecule is O=c1c2ccccc2c2sc(Br)cc2c2c(F)c(F)ccc12. The number of halogens is 3. The second kappa shape index (κ2) is 4.83. The summed E-state index contributed by atoms with van der Waals surface area (Å²) in [5.74, 6) is -1.93. The van der Waals surface area contributed by atoms with E-state index in [0.29, 0.717) is 10.8 Å². The molecule has 0 bridgehead atoms. The van der Waals surface area contributed by atoms with Crippen LogP contribution in [0.1, 0.15) is 0 Å². The van der Waals surface area contributed by atoms with Gasteiger partial charge in [0.05, 0.1) is 3.79 Å². The van der Waals surface area contributed by atoms with Gasteiger partial charge in [0.25, 0.3) is 0 Å². The zero-order chi connectivity index (χ0) is 15.4. The topological polar surface area (TPSA) is 17.1 Å². The average molecular weight is 377 g/mol. The Hall–Kier alpha value is -1.85. The third-order valence-corrected chi connectivity index (χ3v) is 5.40. The van der Waals surface area contributed by atoms with Crippen molar-refractivity contribution in [1.82, 2.24) is 0 Å². The summed E-state index contributed by atoms with van der Waals surface area (Å²) in [7, 11) is 0. The summed E-state index contributed by atoms with van der Waals surface area (Å²) in [6, 6.07) is 11.2. The Labute approximate surface area is 135 Å². The summed E-state index contributed by atoms with van der Waals surface area (Å²) in [5, 5.41) is 2.02. The summed E-state index contributed by atoms with van der Waals surface area (Å²) < 4.78 is 29.7. The summed E-state index contributed by atoms with van der Waals surface area (Å²) in [6.45, 7) is 0. The number of fused-ring (bicyclic) bond motifs is 5. The van der Waals surface area contributed by atoms with Gasteiger partial charge in [-0.05, 0) is 34.1 Å². The molecule has 4 aromatic rings. The highest BCUT2D eigenvalue weighted by Gasteiger charge is 2.16. The average Bonchev–Trinajstić information content (AvgIpc) is 2.86. The van der Waals surface area contributed by atoms with Crippen LogP contribution in [0, 0.1) is 11.6 Å². The van der Waals surface area contributed by atoms with Crippen molar-refractivity contribution in [2.75, 3.05) is 0 Å². The fraction of sp³-hybridized carbons (Fsp3) is 0. The Morgan fingerprint density at radius 3 is 2.41 bits per heavy atom. The van der Waals surface area contributed by atoms with Crippen LogP contribution in [0.2, 0.25) is 0 Å². The maximum Gasteiger partial charge on any atom is 0.194 e. The van der Waals surface area contributed by atoms with Crippen LogP contribution in [0.25, 0.3) is 31.6 Å². The van der Waals surface area contributed by atoms with Gasteiger partial charge in [-0.3, -0.25) is 4.79 Å². The molecular weight excluding hydrogens is 370 g/mol. The maximum atomic E-state index is 14.4. The Balaban J connectivity index is 2.53. The van der Waals surface area contributed by atoms with Crippen molar-refractivity contribution in [2.24, 2.45) is 0 Å². The van der Waals surface area contributed by atoms with E-state index in [1.54, 1.807) is 18.2 Å². The molecule has 22 heavy (non-hydrogen) atoms. The van der Waals surface area contributed by atoms with E-state index >= 15 is 0 Å². The molecule has 5 heteroatoms. The molecule has 0 saturated carbocycles. The van der Waals surface area contributed by atoms with Gasteiger partial charge in [-0.2, -0.15) is 0 Å². The number of benzene rings is 2. The van der Waals surface area contributed by atoms with E-state index in [4.69, 9.17) is 0 Å². The van der Waals surface area contributed by atoms with Gasteiger partial charge in [0.1, 0.15) is 0 Å². The predicted molar refractivity (Wildman–Crippen MR) is 90.7 cm³/mol. The molecule has 1 nitrogen and oxygen atoms in total. The van der Waals surface area contributed by atoms with Crippen LogP contribution in [-0.2, 0) is 0 Å². The molecule has 1 aromatic heterocycles. The van der Waals surface area contributed by atoms with Crippen molar-refractivity contribution in [3.63, 3.8) is 0 Å². The predicted octanol–water partition coefficient (Wildman–Crippen LogP) is 5.61. The van der Waals surface area contributed by atoms with E-state index in [2.05, 4.69) is 15.9 Å². The monoisotopic (exact) mass is 376 g/mol. The standard InChI is InChI=1S/C17H7BrF2OS/c18-13-7-11-14-10(5-6-12(19)15(14)20)16(21)8-3-1-2-4-9(8)17(11)22-13/h1-7H. The first-order valence-electron chi connectivity index (χ1n) is 6.49. The first-order chi connectivity index (χ1) is 10.6. The second-order valence-electron chi connectivity index (χ2n) is 4.95. The van der Waals surface area contributed by atoms with Crippen LogP contribution in [0.3, 0.4) is 0 Å². The van der Waals surface area contributed by atoms with E-state index in [1.165, 1.54) is 17.4 Å². The summed E-state index contributed by atoms with van der Waals surface area (Å²) in [6.07, 6.45) is 0. The van der Waals surface area contributed by atoms with E-state index < -0.39 is 11.6 Å². The molecule has 0 atom stereocenters. The highest BCUT2D eigenvalue weighted by Crippen LogP contribution is 2.38. The molecule has 3 aromatic carbocycles. The lowest BCUT2D eigenvalue weighted by Gasteiger charge is -1.97. The third-order valence-electron chi connectivity index (χ3n) is 3.73. The van der Waals surface area contributed by atoms with Crippen molar-refractivity contribution in [1.29, 1.82) is 0 Å². The van der Waals surface area contributed by atoms with Gasteiger partial charge in [-0.25, -0.2) is 8.78 Å². The van der Waals surface area contributed by atoms with Gasteiger partial charge < -0.3 is 0 Å².